The number of aryl methyl sites for hydroxylation is 1. The van der Waals surface area contributed by atoms with E-state index in [-0.39, 0.29) is 5.43 Å². The van der Waals surface area contributed by atoms with Crippen LogP contribution in [-0.4, -0.2) is 31.1 Å². The highest BCUT2D eigenvalue weighted by molar-refractivity contribution is 7.16. The summed E-state index contributed by atoms with van der Waals surface area (Å²) < 4.78 is 1.07. The first kappa shape index (κ1) is 16.3. The van der Waals surface area contributed by atoms with Gasteiger partial charge < -0.3 is 4.90 Å². The van der Waals surface area contributed by atoms with Gasteiger partial charge in [0.05, 0.1) is 5.69 Å². The van der Waals surface area contributed by atoms with Crippen molar-refractivity contribution in [2.45, 2.75) is 13.5 Å². The van der Waals surface area contributed by atoms with Crippen LogP contribution in [0.4, 0.5) is 5.69 Å². The Bertz CT molecular complexity index is 928. The molecule has 1 saturated heterocycles. The van der Waals surface area contributed by atoms with Gasteiger partial charge in [0.25, 0.3) is 0 Å². The van der Waals surface area contributed by atoms with Gasteiger partial charge in [-0.1, -0.05) is 42.0 Å². The summed E-state index contributed by atoms with van der Waals surface area (Å²) in [5.41, 5.74) is 3.53. The fraction of sp³-hybridized carbons (Fsp3) is 0.286. The largest absolute Gasteiger partial charge is 0.365 e. The van der Waals surface area contributed by atoms with E-state index in [4.69, 9.17) is 0 Å². The average molecular weight is 350 g/mol. The molecule has 2 aromatic carbocycles. The number of hydrogen-bond acceptors (Lipinski definition) is 4. The van der Waals surface area contributed by atoms with Crippen LogP contribution >= 0.6 is 11.3 Å². The Hall–Kier alpha value is -2.17. The molecule has 0 N–H and O–H groups in total. The minimum absolute atomic E-state index is 0.175. The van der Waals surface area contributed by atoms with Crippen molar-refractivity contribution < 1.29 is 0 Å². The SMILES string of the molecule is Cc1ccc2scc(N3CCN(Cc4ccccc4)CC3)c(=O)c2c1. The third-order valence-electron chi connectivity index (χ3n) is 4.87. The molecule has 0 bridgehead atoms. The second-order valence-corrected chi connectivity index (χ2v) is 7.61. The highest BCUT2D eigenvalue weighted by Gasteiger charge is 2.20. The van der Waals surface area contributed by atoms with E-state index in [2.05, 4.69) is 52.3 Å². The van der Waals surface area contributed by atoms with Gasteiger partial charge in [0.15, 0.2) is 0 Å². The Morgan fingerprint density at radius 2 is 1.76 bits per heavy atom. The zero-order valence-electron chi connectivity index (χ0n) is 14.4. The molecule has 4 rings (SSSR count). The lowest BCUT2D eigenvalue weighted by Crippen LogP contribution is -2.47. The summed E-state index contributed by atoms with van der Waals surface area (Å²) in [6, 6.07) is 16.7. The van der Waals surface area contributed by atoms with E-state index >= 15 is 0 Å². The standard InChI is InChI=1S/C21H22N2OS/c1-16-7-8-20-18(13-16)21(24)19(15-25-20)23-11-9-22(10-12-23)14-17-5-3-2-4-6-17/h2-8,13,15H,9-12,14H2,1H3. The molecule has 25 heavy (non-hydrogen) atoms. The molecule has 1 aliphatic heterocycles. The molecule has 0 atom stereocenters. The van der Waals surface area contributed by atoms with Crippen molar-refractivity contribution in [2.75, 3.05) is 31.1 Å². The number of piperazine rings is 1. The van der Waals surface area contributed by atoms with Crippen LogP contribution < -0.4 is 10.3 Å². The highest BCUT2D eigenvalue weighted by Crippen LogP contribution is 2.23. The molecule has 3 nitrogen and oxygen atoms in total. The Morgan fingerprint density at radius 1 is 1.00 bits per heavy atom. The molecule has 2 heterocycles. The molecular formula is C21H22N2OS. The van der Waals surface area contributed by atoms with Gasteiger partial charge in [0.2, 0.25) is 5.43 Å². The van der Waals surface area contributed by atoms with Crippen molar-refractivity contribution >= 4 is 27.1 Å². The van der Waals surface area contributed by atoms with E-state index in [1.807, 2.05) is 18.4 Å². The lowest BCUT2D eigenvalue weighted by atomic mass is 10.1. The topological polar surface area (TPSA) is 23.6 Å². The molecule has 128 valence electrons. The number of benzene rings is 2. The van der Waals surface area contributed by atoms with E-state index in [0.29, 0.717) is 0 Å². The van der Waals surface area contributed by atoms with E-state index in [9.17, 15) is 4.79 Å². The van der Waals surface area contributed by atoms with Crippen LogP contribution in [0.25, 0.3) is 10.1 Å². The van der Waals surface area contributed by atoms with Gasteiger partial charge in [-0.05, 0) is 24.6 Å². The number of rotatable bonds is 3. The normalized spacial score (nSPS) is 15.6. The second-order valence-electron chi connectivity index (χ2n) is 6.70. The molecule has 0 radical (unpaired) electrons. The van der Waals surface area contributed by atoms with Crippen molar-refractivity contribution in [2.24, 2.45) is 0 Å². The minimum atomic E-state index is 0.175. The highest BCUT2D eigenvalue weighted by atomic mass is 32.1. The number of anilines is 1. The molecule has 0 amide bonds. The zero-order chi connectivity index (χ0) is 17.2. The van der Waals surface area contributed by atoms with Crippen LogP contribution in [0.3, 0.4) is 0 Å². The Labute approximate surface area is 152 Å². The maximum Gasteiger partial charge on any atom is 0.211 e. The number of hydrogen-bond donors (Lipinski definition) is 0. The molecule has 0 saturated carbocycles. The maximum atomic E-state index is 12.9. The molecular weight excluding hydrogens is 328 g/mol. The van der Waals surface area contributed by atoms with Crippen LogP contribution in [0.2, 0.25) is 0 Å². The van der Waals surface area contributed by atoms with Gasteiger partial charge in [-0.25, -0.2) is 0 Å². The summed E-state index contributed by atoms with van der Waals surface area (Å²) in [6.07, 6.45) is 0. The van der Waals surface area contributed by atoms with Crippen LogP contribution in [0.15, 0.2) is 58.7 Å². The third-order valence-corrected chi connectivity index (χ3v) is 5.82. The van der Waals surface area contributed by atoms with Gasteiger partial charge >= 0.3 is 0 Å². The van der Waals surface area contributed by atoms with Crippen molar-refractivity contribution in [1.82, 2.24) is 4.90 Å². The van der Waals surface area contributed by atoms with Gasteiger partial charge in [-0.15, -0.1) is 11.3 Å². The lowest BCUT2D eigenvalue weighted by molar-refractivity contribution is 0.250. The van der Waals surface area contributed by atoms with Crippen molar-refractivity contribution in [1.29, 1.82) is 0 Å². The van der Waals surface area contributed by atoms with Crippen LogP contribution in [0, 0.1) is 6.92 Å². The molecule has 0 aliphatic carbocycles. The van der Waals surface area contributed by atoms with Gasteiger partial charge in [0.1, 0.15) is 0 Å². The molecule has 1 aromatic heterocycles. The second kappa shape index (κ2) is 6.98. The van der Waals surface area contributed by atoms with E-state index in [1.54, 1.807) is 11.3 Å². The predicted octanol–water partition coefficient (Wildman–Crippen LogP) is 3.89. The maximum absolute atomic E-state index is 12.9. The average Bonchev–Trinajstić information content (AvgIpc) is 2.64. The first-order valence-electron chi connectivity index (χ1n) is 8.74. The molecule has 4 heteroatoms. The zero-order valence-corrected chi connectivity index (χ0v) is 15.3. The first-order valence-corrected chi connectivity index (χ1v) is 9.62. The van der Waals surface area contributed by atoms with Crippen molar-refractivity contribution in [3.05, 3.63) is 75.3 Å². The first-order chi connectivity index (χ1) is 12.2. The molecule has 0 unspecified atom stereocenters. The fourth-order valence-corrected chi connectivity index (χ4v) is 4.36. The predicted molar refractivity (Wildman–Crippen MR) is 107 cm³/mol. The smallest absolute Gasteiger partial charge is 0.211 e. The van der Waals surface area contributed by atoms with E-state index < -0.39 is 0 Å². The Balaban J connectivity index is 1.50. The quantitative estimate of drug-likeness (QED) is 0.716. The van der Waals surface area contributed by atoms with Crippen LogP contribution in [0.1, 0.15) is 11.1 Å². The number of nitrogens with zero attached hydrogens (tertiary/aromatic N) is 2. The number of fused-ring (bicyclic) bond motifs is 1. The molecule has 1 aliphatic rings. The van der Waals surface area contributed by atoms with Gasteiger partial charge in [0, 0.05) is 48.2 Å². The Morgan fingerprint density at radius 3 is 2.52 bits per heavy atom. The minimum Gasteiger partial charge on any atom is -0.365 e. The fourth-order valence-electron chi connectivity index (χ4n) is 3.44. The summed E-state index contributed by atoms with van der Waals surface area (Å²) in [7, 11) is 0. The summed E-state index contributed by atoms with van der Waals surface area (Å²) in [5, 5.41) is 2.89. The van der Waals surface area contributed by atoms with Crippen LogP contribution in [0.5, 0.6) is 0 Å². The van der Waals surface area contributed by atoms with E-state index in [0.717, 1.165) is 54.1 Å². The lowest BCUT2D eigenvalue weighted by Gasteiger charge is -2.35. The molecule has 3 aromatic rings. The summed E-state index contributed by atoms with van der Waals surface area (Å²) in [5.74, 6) is 0. The third kappa shape index (κ3) is 3.46. The van der Waals surface area contributed by atoms with Gasteiger partial charge in [-0.3, -0.25) is 9.69 Å². The van der Waals surface area contributed by atoms with Crippen molar-refractivity contribution in [3.63, 3.8) is 0 Å². The molecule has 1 fully saturated rings. The summed E-state index contributed by atoms with van der Waals surface area (Å²) in [4.78, 5) is 17.6. The molecule has 0 spiro atoms. The van der Waals surface area contributed by atoms with E-state index in [1.165, 1.54) is 5.56 Å². The Kier molecular flexibility index (Phi) is 4.55. The summed E-state index contributed by atoms with van der Waals surface area (Å²) >= 11 is 1.67. The van der Waals surface area contributed by atoms with Gasteiger partial charge in [-0.2, -0.15) is 0 Å². The summed E-state index contributed by atoms with van der Waals surface area (Å²) in [6.45, 7) is 6.82. The van der Waals surface area contributed by atoms with Crippen LogP contribution in [-0.2, 0) is 6.54 Å². The monoisotopic (exact) mass is 350 g/mol. The van der Waals surface area contributed by atoms with Crippen molar-refractivity contribution in [3.8, 4) is 0 Å².